The molecule has 0 aromatic carbocycles. The van der Waals surface area contributed by atoms with Crippen molar-refractivity contribution in [2.24, 2.45) is 5.92 Å². The summed E-state index contributed by atoms with van der Waals surface area (Å²) in [6.45, 7) is 5.06. The van der Waals surface area contributed by atoms with Crippen LogP contribution in [0.1, 0.15) is 50.9 Å². The second kappa shape index (κ2) is 9.77. The quantitative estimate of drug-likeness (QED) is 0.550. The van der Waals surface area contributed by atoms with E-state index in [1.807, 2.05) is 12.1 Å². The molecule has 10 heteroatoms. The van der Waals surface area contributed by atoms with Crippen LogP contribution >= 0.6 is 0 Å². The van der Waals surface area contributed by atoms with E-state index >= 15 is 0 Å². The lowest BCUT2D eigenvalue weighted by Gasteiger charge is -2.22. The second-order valence-corrected chi connectivity index (χ2v) is 7.11. The van der Waals surface area contributed by atoms with Crippen molar-refractivity contribution in [1.29, 1.82) is 0 Å². The van der Waals surface area contributed by atoms with Gasteiger partial charge in [0.05, 0.1) is 5.69 Å². The maximum Gasteiger partial charge on any atom is 0.229 e. The largest absolute Gasteiger partial charge is 0.300 e. The molecule has 1 amide bonds. The predicted molar refractivity (Wildman–Crippen MR) is 109 cm³/mol. The van der Waals surface area contributed by atoms with E-state index in [4.69, 9.17) is 0 Å². The molecular weight excluding hydrogens is 384 g/mol. The summed E-state index contributed by atoms with van der Waals surface area (Å²) in [5.41, 5.74) is 2.41. The highest BCUT2D eigenvalue weighted by molar-refractivity contribution is 5.86. The van der Waals surface area contributed by atoms with Gasteiger partial charge in [-0.1, -0.05) is 24.6 Å². The zero-order valence-electron chi connectivity index (χ0n) is 17.2. The number of pyridine rings is 1. The van der Waals surface area contributed by atoms with E-state index < -0.39 is 0 Å². The summed E-state index contributed by atoms with van der Waals surface area (Å²) in [6.07, 6.45) is 7.22. The molecule has 30 heavy (non-hydrogen) atoms. The monoisotopic (exact) mass is 408 g/mol. The van der Waals surface area contributed by atoms with Gasteiger partial charge in [0.25, 0.3) is 0 Å². The van der Waals surface area contributed by atoms with E-state index in [-0.39, 0.29) is 29.5 Å². The van der Waals surface area contributed by atoms with Crippen molar-refractivity contribution < 1.29 is 9.59 Å². The maximum atomic E-state index is 12.3. The Morgan fingerprint density at radius 2 is 1.87 bits per heavy atom. The first-order valence-corrected chi connectivity index (χ1v) is 9.76. The fourth-order valence-electron chi connectivity index (χ4n) is 3.39. The highest BCUT2D eigenvalue weighted by atomic mass is 16.1. The predicted octanol–water partition coefficient (Wildman–Crippen LogP) is 2.34. The van der Waals surface area contributed by atoms with Gasteiger partial charge in [-0.05, 0) is 31.4 Å². The number of carbonyl (C=O) groups is 2. The molecule has 0 unspecified atom stereocenters. The molecule has 2 N–H and O–H groups in total. The molecule has 156 valence electrons. The van der Waals surface area contributed by atoms with Crippen LogP contribution in [0.25, 0.3) is 11.3 Å². The van der Waals surface area contributed by atoms with Gasteiger partial charge in [-0.25, -0.2) is 9.97 Å². The number of ketones is 1. The van der Waals surface area contributed by atoms with Crippen molar-refractivity contribution in [2.75, 3.05) is 5.32 Å². The first-order valence-electron chi connectivity index (χ1n) is 9.76. The van der Waals surface area contributed by atoms with Gasteiger partial charge in [0.1, 0.15) is 5.78 Å². The van der Waals surface area contributed by atoms with Crippen molar-refractivity contribution in [3.05, 3.63) is 42.1 Å². The molecule has 0 spiro atoms. The summed E-state index contributed by atoms with van der Waals surface area (Å²) in [6, 6.07) is 3.84. The maximum absolute atomic E-state index is 12.3. The Bertz CT molecular complexity index is 971. The summed E-state index contributed by atoms with van der Waals surface area (Å²) < 4.78 is 0. The summed E-state index contributed by atoms with van der Waals surface area (Å²) in [5.74, 6) is 0.323. The zero-order chi connectivity index (χ0) is 21.5. The number of tetrazole rings is 1. The van der Waals surface area contributed by atoms with Crippen LogP contribution in [0.5, 0.6) is 0 Å². The van der Waals surface area contributed by atoms with Crippen LogP contribution in [0.2, 0.25) is 0 Å². The molecule has 0 fully saturated rings. The minimum atomic E-state index is -0.228. The molecular formula is C20H24N8O2. The number of H-pyrrole nitrogens is 1. The molecule has 0 aliphatic heterocycles. The molecule has 3 aromatic rings. The Morgan fingerprint density at radius 1 is 1.10 bits per heavy atom. The van der Waals surface area contributed by atoms with Crippen LogP contribution in [-0.4, -0.2) is 47.3 Å². The lowest BCUT2D eigenvalue weighted by Crippen LogP contribution is -2.23. The fourth-order valence-corrected chi connectivity index (χ4v) is 3.39. The Balaban J connectivity index is 1.78. The molecule has 0 radical (unpaired) electrons. The highest BCUT2D eigenvalue weighted by Crippen LogP contribution is 2.30. The van der Waals surface area contributed by atoms with E-state index in [0.717, 1.165) is 24.0 Å². The average molecular weight is 408 g/mol. The number of anilines is 1. The number of carbonyl (C=O) groups excluding carboxylic acids is 2. The number of amides is 1. The molecule has 2 atom stereocenters. The number of rotatable bonds is 9. The number of nitrogens with zero attached hydrogens (tertiary/aromatic N) is 6. The van der Waals surface area contributed by atoms with E-state index in [9.17, 15) is 9.59 Å². The number of aromatic nitrogens is 7. The van der Waals surface area contributed by atoms with Crippen LogP contribution < -0.4 is 5.32 Å². The normalized spacial score (nSPS) is 12.9. The molecule has 3 aromatic heterocycles. The van der Waals surface area contributed by atoms with E-state index in [1.165, 1.54) is 6.92 Å². The van der Waals surface area contributed by atoms with Gasteiger partial charge in [0.2, 0.25) is 11.9 Å². The molecule has 0 saturated carbocycles. The Kier molecular flexibility index (Phi) is 6.89. The van der Waals surface area contributed by atoms with Crippen LogP contribution in [0.15, 0.2) is 30.7 Å². The minimum absolute atomic E-state index is 0.118. The van der Waals surface area contributed by atoms with Crippen molar-refractivity contribution in [3.63, 3.8) is 0 Å². The summed E-state index contributed by atoms with van der Waals surface area (Å²) in [5, 5.41) is 16.9. The number of hydrogen-bond acceptors (Lipinski definition) is 8. The Labute approximate surface area is 174 Å². The SMILES string of the molecule is CCC[C@H](C(C)=O)[C@H](Cc1ccc(-c2cnc(NC(C)=O)nc2)nc1)c1nn[nH]n1. The number of nitrogens with one attached hydrogen (secondary N) is 2. The molecule has 0 aliphatic carbocycles. The van der Waals surface area contributed by atoms with E-state index in [0.29, 0.717) is 17.9 Å². The fraction of sp³-hybridized carbons (Fsp3) is 0.400. The minimum Gasteiger partial charge on any atom is -0.300 e. The molecule has 0 saturated heterocycles. The number of Topliss-reactive ketones (excluding diaryl/α,β-unsaturated/α-hetero) is 1. The average Bonchev–Trinajstić information content (AvgIpc) is 3.26. The number of hydrogen-bond donors (Lipinski definition) is 2. The molecule has 3 heterocycles. The third-order valence-electron chi connectivity index (χ3n) is 4.82. The third kappa shape index (κ3) is 5.28. The number of aromatic amines is 1. The van der Waals surface area contributed by atoms with Gasteiger partial charge >= 0.3 is 0 Å². The smallest absolute Gasteiger partial charge is 0.229 e. The van der Waals surface area contributed by atoms with Crippen LogP contribution in [0, 0.1) is 5.92 Å². The summed E-state index contributed by atoms with van der Waals surface area (Å²) >= 11 is 0. The second-order valence-electron chi connectivity index (χ2n) is 7.11. The van der Waals surface area contributed by atoms with Gasteiger partial charge in [0.15, 0.2) is 5.82 Å². The third-order valence-corrected chi connectivity index (χ3v) is 4.82. The molecule has 10 nitrogen and oxygen atoms in total. The van der Waals surface area contributed by atoms with Crippen molar-refractivity contribution >= 4 is 17.6 Å². The lowest BCUT2D eigenvalue weighted by molar-refractivity contribution is -0.121. The standard InChI is InChI=1S/C20H24N8O2/c1-4-5-16(12(2)29)17(19-25-27-28-26-19)8-14-6-7-18(21-9-14)15-10-22-20(23-11-15)24-13(3)30/h6-7,9-11,16-17H,4-5,8H2,1-3H3,(H,22,23,24,30)(H,25,26,27,28)/t16-,17+/m1/s1. The summed E-state index contributed by atoms with van der Waals surface area (Å²) in [7, 11) is 0. The lowest BCUT2D eigenvalue weighted by atomic mass is 9.81. The van der Waals surface area contributed by atoms with E-state index in [2.05, 4.69) is 47.8 Å². The van der Waals surface area contributed by atoms with E-state index in [1.54, 1.807) is 25.5 Å². The Hall–Kier alpha value is -3.56. The van der Waals surface area contributed by atoms with Crippen LogP contribution in [0.4, 0.5) is 5.95 Å². The highest BCUT2D eigenvalue weighted by Gasteiger charge is 2.30. The van der Waals surface area contributed by atoms with Crippen LogP contribution in [-0.2, 0) is 16.0 Å². The first kappa shape index (κ1) is 21.2. The molecule has 0 bridgehead atoms. The first-order chi connectivity index (χ1) is 14.5. The van der Waals surface area contributed by atoms with Gasteiger partial charge in [-0.2, -0.15) is 5.21 Å². The molecule has 3 rings (SSSR count). The van der Waals surface area contributed by atoms with Crippen molar-refractivity contribution in [2.45, 2.75) is 46.0 Å². The van der Waals surface area contributed by atoms with Gasteiger partial charge in [-0.3, -0.25) is 19.9 Å². The molecule has 0 aliphatic rings. The van der Waals surface area contributed by atoms with Gasteiger partial charge in [-0.15, -0.1) is 10.2 Å². The topological polar surface area (TPSA) is 139 Å². The van der Waals surface area contributed by atoms with Gasteiger partial charge in [0, 0.05) is 42.9 Å². The Morgan fingerprint density at radius 3 is 2.40 bits per heavy atom. The van der Waals surface area contributed by atoms with Crippen molar-refractivity contribution in [3.8, 4) is 11.3 Å². The van der Waals surface area contributed by atoms with Crippen LogP contribution in [0.3, 0.4) is 0 Å². The van der Waals surface area contributed by atoms with Gasteiger partial charge < -0.3 is 0 Å². The summed E-state index contributed by atoms with van der Waals surface area (Å²) in [4.78, 5) is 36.1. The van der Waals surface area contributed by atoms with Crippen molar-refractivity contribution in [1.82, 2.24) is 35.6 Å². The zero-order valence-corrected chi connectivity index (χ0v) is 17.2.